The molecule has 11 heavy (non-hydrogen) atoms. The molecule has 2 nitrogen and oxygen atoms in total. The molecule has 1 rings (SSSR count). The molecular formula is C8H17NOS. The topological polar surface area (TPSA) is 21.3 Å². The van der Waals surface area contributed by atoms with Crippen LogP contribution in [-0.2, 0) is 4.74 Å². The highest BCUT2D eigenvalue weighted by atomic mass is 32.2. The molecule has 0 spiro atoms. The second-order valence-electron chi connectivity index (χ2n) is 2.71. The van der Waals surface area contributed by atoms with E-state index in [-0.39, 0.29) is 0 Å². The highest BCUT2D eigenvalue weighted by molar-refractivity contribution is 7.99. The third kappa shape index (κ3) is 3.99. The maximum Gasteiger partial charge on any atom is 0.0590 e. The molecule has 1 N–H and O–H groups in total. The second-order valence-corrected chi connectivity index (χ2v) is 3.86. The lowest BCUT2D eigenvalue weighted by atomic mass is 10.3. The molecule has 0 radical (unpaired) electrons. The van der Waals surface area contributed by atoms with Gasteiger partial charge in [-0.1, -0.05) is 0 Å². The van der Waals surface area contributed by atoms with Gasteiger partial charge in [-0.25, -0.2) is 0 Å². The molecule has 0 aliphatic carbocycles. The van der Waals surface area contributed by atoms with E-state index < -0.39 is 0 Å². The fourth-order valence-electron chi connectivity index (χ4n) is 1.18. The van der Waals surface area contributed by atoms with Crippen LogP contribution in [0.4, 0.5) is 0 Å². The number of thioether (sulfide) groups is 1. The van der Waals surface area contributed by atoms with E-state index in [1.165, 1.54) is 17.9 Å². The fraction of sp³-hybridized carbons (Fsp3) is 1.00. The minimum atomic E-state index is 0.750. The first kappa shape index (κ1) is 9.36. The van der Waals surface area contributed by atoms with Crippen LogP contribution < -0.4 is 5.32 Å². The van der Waals surface area contributed by atoms with Gasteiger partial charge >= 0.3 is 0 Å². The predicted octanol–water partition coefficient (Wildman–Crippen LogP) is 1.12. The van der Waals surface area contributed by atoms with E-state index in [1.54, 1.807) is 0 Å². The van der Waals surface area contributed by atoms with E-state index in [9.17, 15) is 0 Å². The Morgan fingerprint density at radius 2 is 2.55 bits per heavy atom. The molecule has 1 aliphatic rings. The van der Waals surface area contributed by atoms with E-state index in [1.807, 2.05) is 18.7 Å². The van der Waals surface area contributed by atoms with Crippen LogP contribution in [0.15, 0.2) is 0 Å². The Kier molecular flexibility index (Phi) is 4.99. The van der Waals surface area contributed by atoms with Crippen molar-refractivity contribution < 1.29 is 4.74 Å². The van der Waals surface area contributed by atoms with Crippen molar-refractivity contribution in [1.82, 2.24) is 5.32 Å². The number of ether oxygens (including phenoxy) is 1. The maximum absolute atomic E-state index is 5.22. The molecule has 1 atom stereocenters. The summed E-state index contributed by atoms with van der Waals surface area (Å²) in [5.41, 5.74) is 0. The number of rotatable bonds is 5. The summed E-state index contributed by atoms with van der Waals surface area (Å²) in [6.45, 7) is 4.74. The molecule has 0 saturated carbocycles. The van der Waals surface area contributed by atoms with Crippen molar-refractivity contribution in [2.24, 2.45) is 0 Å². The summed E-state index contributed by atoms with van der Waals surface area (Å²) in [5, 5.41) is 3.47. The van der Waals surface area contributed by atoms with Crippen molar-refractivity contribution in [2.75, 3.05) is 31.3 Å². The van der Waals surface area contributed by atoms with Crippen molar-refractivity contribution in [3.8, 4) is 0 Å². The van der Waals surface area contributed by atoms with Crippen LogP contribution in [0, 0.1) is 0 Å². The zero-order valence-electron chi connectivity index (χ0n) is 7.14. The Morgan fingerprint density at radius 1 is 1.64 bits per heavy atom. The monoisotopic (exact) mass is 175 g/mol. The van der Waals surface area contributed by atoms with E-state index >= 15 is 0 Å². The average Bonchev–Trinajstić information content (AvgIpc) is 2.50. The summed E-state index contributed by atoms with van der Waals surface area (Å²) in [5.74, 6) is 2.61. The quantitative estimate of drug-likeness (QED) is 0.633. The van der Waals surface area contributed by atoms with Gasteiger partial charge in [0.2, 0.25) is 0 Å². The van der Waals surface area contributed by atoms with Gasteiger partial charge in [0.25, 0.3) is 0 Å². The standard InChI is InChI=1S/C8H17NOS/c1-2-10-5-4-9-8-3-6-11-7-8/h8-9H,2-7H2,1H3/t8-/m0/s1. The SMILES string of the molecule is CCOCCN[C@H]1CCSC1. The van der Waals surface area contributed by atoms with Gasteiger partial charge in [0.05, 0.1) is 6.61 Å². The van der Waals surface area contributed by atoms with Crippen LogP contribution in [0.25, 0.3) is 0 Å². The van der Waals surface area contributed by atoms with E-state index in [2.05, 4.69) is 5.32 Å². The van der Waals surface area contributed by atoms with Gasteiger partial charge in [-0.3, -0.25) is 0 Å². The predicted molar refractivity (Wildman–Crippen MR) is 50.2 cm³/mol. The molecule has 0 aromatic heterocycles. The van der Waals surface area contributed by atoms with Gasteiger partial charge in [-0.05, 0) is 19.1 Å². The number of hydrogen-bond acceptors (Lipinski definition) is 3. The summed E-state index contributed by atoms with van der Waals surface area (Å²) in [7, 11) is 0. The van der Waals surface area contributed by atoms with Crippen molar-refractivity contribution in [1.29, 1.82) is 0 Å². The van der Waals surface area contributed by atoms with Gasteiger partial charge in [0.1, 0.15) is 0 Å². The van der Waals surface area contributed by atoms with Gasteiger partial charge in [-0.15, -0.1) is 0 Å². The zero-order valence-corrected chi connectivity index (χ0v) is 7.95. The van der Waals surface area contributed by atoms with Crippen molar-refractivity contribution in [3.63, 3.8) is 0 Å². The van der Waals surface area contributed by atoms with E-state index in [4.69, 9.17) is 4.74 Å². The Hall–Kier alpha value is 0.270. The minimum Gasteiger partial charge on any atom is -0.380 e. The average molecular weight is 175 g/mol. The Labute approximate surface area is 73.1 Å². The van der Waals surface area contributed by atoms with Crippen molar-refractivity contribution in [3.05, 3.63) is 0 Å². The zero-order chi connectivity index (χ0) is 7.94. The Balaban J connectivity index is 1.86. The normalized spacial score (nSPS) is 24.3. The summed E-state index contributed by atoms with van der Waals surface area (Å²) >= 11 is 2.04. The molecule has 0 aromatic carbocycles. The summed E-state index contributed by atoms with van der Waals surface area (Å²) in [6.07, 6.45) is 1.33. The van der Waals surface area contributed by atoms with Gasteiger partial charge in [-0.2, -0.15) is 11.8 Å². The Morgan fingerprint density at radius 3 is 3.18 bits per heavy atom. The van der Waals surface area contributed by atoms with Crippen LogP contribution in [0.1, 0.15) is 13.3 Å². The van der Waals surface area contributed by atoms with Crippen LogP contribution in [0.3, 0.4) is 0 Å². The lowest BCUT2D eigenvalue weighted by molar-refractivity contribution is 0.147. The molecule has 1 aliphatic heterocycles. The third-order valence-corrected chi connectivity index (χ3v) is 2.98. The van der Waals surface area contributed by atoms with Crippen molar-refractivity contribution >= 4 is 11.8 Å². The van der Waals surface area contributed by atoms with Crippen LogP contribution >= 0.6 is 11.8 Å². The number of hydrogen-bond donors (Lipinski definition) is 1. The first-order valence-corrected chi connectivity index (χ1v) is 5.48. The van der Waals surface area contributed by atoms with Gasteiger partial charge in [0, 0.05) is 24.9 Å². The smallest absolute Gasteiger partial charge is 0.0590 e. The van der Waals surface area contributed by atoms with Crippen LogP contribution in [-0.4, -0.2) is 37.3 Å². The summed E-state index contributed by atoms with van der Waals surface area (Å²) in [4.78, 5) is 0. The van der Waals surface area contributed by atoms with Gasteiger partial charge in [0.15, 0.2) is 0 Å². The molecule has 0 unspecified atom stereocenters. The minimum absolute atomic E-state index is 0.750. The molecule has 1 heterocycles. The lowest BCUT2D eigenvalue weighted by Gasteiger charge is -2.10. The molecule has 66 valence electrons. The van der Waals surface area contributed by atoms with Crippen LogP contribution in [0.2, 0.25) is 0 Å². The van der Waals surface area contributed by atoms with Crippen LogP contribution in [0.5, 0.6) is 0 Å². The third-order valence-electron chi connectivity index (χ3n) is 1.81. The molecule has 0 amide bonds. The highest BCUT2D eigenvalue weighted by Crippen LogP contribution is 2.16. The number of nitrogens with one attached hydrogen (secondary N) is 1. The highest BCUT2D eigenvalue weighted by Gasteiger charge is 2.13. The summed E-state index contributed by atoms with van der Waals surface area (Å²) in [6, 6.07) is 0.750. The molecule has 1 fully saturated rings. The molecular weight excluding hydrogens is 158 g/mol. The lowest BCUT2D eigenvalue weighted by Crippen LogP contribution is -2.31. The first-order valence-electron chi connectivity index (χ1n) is 4.32. The largest absolute Gasteiger partial charge is 0.380 e. The van der Waals surface area contributed by atoms with Gasteiger partial charge < -0.3 is 10.1 Å². The Bertz CT molecular complexity index is 94.1. The second kappa shape index (κ2) is 5.86. The summed E-state index contributed by atoms with van der Waals surface area (Å²) < 4.78 is 5.22. The molecule has 0 bridgehead atoms. The molecule has 3 heteroatoms. The molecule has 0 aromatic rings. The van der Waals surface area contributed by atoms with E-state index in [0.29, 0.717) is 0 Å². The maximum atomic E-state index is 5.22. The first-order chi connectivity index (χ1) is 5.43. The fourth-order valence-corrected chi connectivity index (χ4v) is 2.36. The molecule has 1 saturated heterocycles. The van der Waals surface area contributed by atoms with Crippen molar-refractivity contribution in [2.45, 2.75) is 19.4 Å². The van der Waals surface area contributed by atoms with E-state index in [0.717, 1.165) is 25.8 Å².